The molecule has 3 rings (SSSR count). The Morgan fingerprint density at radius 3 is 2.23 bits per heavy atom. The van der Waals surface area contributed by atoms with Crippen LogP contribution in [0.1, 0.15) is 30.0 Å². The van der Waals surface area contributed by atoms with Gasteiger partial charge in [-0.05, 0) is 49.4 Å². The van der Waals surface area contributed by atoms with E-state index in [4.69, 9.17) is 9.15 Å². The van der Waals surface area contributed by atoms with E-state index in [0.717, 1.165) is 6.92 Å². The van der Waals surface area contributed by atoms with E-state index in [2.05, 4.69) is 5.32 Å². The van der Waals surface area contributed by atoms with E-state index >= 15 is 0 Å². The first kappa shape index (κ1) is 22.0. The van der Waals surface area contributed by atoms with Crippen molar-refractivity contribution in [2.45, 2.75) is 25.7 Å². The van der Waals surface area contributed by atoms with Gasteiger partial charge in [0.1, 0.15) is 16.9 Å². The third-order valence-corrected chi connectivity index (χ3v) is 6.29. The first-order valence-corrected chi connectivity index (χ1v) is 10.5. The summed E-state index contributed by atoms with van der Waals surface area (Å²) in [7, 11) is -3.05. The zero-order valence-corrected chi connectivity index (χ0v) is 18.1. The Morgan fingerprint density at radius 2 is 1.68 bits per heavy atom. The predicted octanol–water partition coefficient (Wildman–Crippen LogP) is 3.23. The number of carbonyl (C=O) groups is 3. The van der Waals surface area contributed by atoms with Crippen molar-refractivity contribution in [1.82, 2.24) is 0 Å². The molecule has 0 aliphatic heterocycles. The van der Waals surface area contributed by atoms with Crippen molar-refractivity contribution in [3.8, 4) is 0 Å². The fourth-order valence-corrected chi connectivity index (χ4v) is 4.62. The number of methoxy groups -OCH3 is 1. The van der Waals surface area contributed by atoms with E-state index in [0.29, 0.717) is 26.7 Å². The van der Waals surface area contributed by atoms with Crippen LogP contribution in [0.15, 0.2) is 51.8 Å². The maximum atomic E-state index is 13.2. The van der Waals surface area contributed by atoms with Gasteiger partial charge >= 0.3 is 5.97 Å². The molecule has 2 aromatic carbocycles. The molecule has 1 heterocycles. The van der Waals surface area contributed by atoms with Gasteiger partial charge in [0, 0.05) is 24.9 Å². The van der Waals surface area contributed by atoms with E-state index in [9.17, 15) is 22.8 Å². The fourth-order valence-electron chi connectivity index (χ4n) is 3.20. The number of aryl methyl sites for hydroxylation is 1. The van der Waals surface area contributed by atoms with Gasteiger partial charge in [-0.3, -0.25) is 9.59 Å². The highest BCUT2D eigenvalue weighted by Crippen LogP contribution is 2.32. The minimum atomic E-state index is -4.27. The van der Waals surface area contributed by atoms with E-state index in [1.165, 1.54) is 56.5 Å². The fraction of sp³-hybridized carbons (Fsp3) is 0.190. The number of carbonyl (C=O) groups excluding carboxylic acids is 3. The third kappa shape index (κ3) is 4.15. The second kappa shape index (κ2) is 8.23. The van der Waals surface area contributed by atoms with Crippen molar-refractivity contribution in [3.63, 3.8) is 0 Å². The molecule has 1 N–H and O–H groups in total. The van der Waals surface area contributed by atoms with E-state index in [-0.39, 0.29) is 22.1 Å². The lowest BCUT2D eigenvalue weighted by Gasteiger charge is -2.21. The van der Waals surface area contributed by atoms with E-state index in [1.54, 1.807) is 6.92 Å². The Morgan fingerprint density at radius 1 is 1.03 bits per heavy atom. The number of furan rings is 1. The predicted molar refractivity (Wildman–Crippen MR) is 113 cm³/mol. The molecule has 0 saturated heterocycles. The first-order valence-electron chi connectivity index (χ1n) is 9.11. The molecule has 0 atom stereocenters. The summed E-state index contributed by atoms with van der Waals surface area (Å²) in [6.45, 7) is 4.04. The maximum Gasteiger partial charge on any atom is 0.342 e. The van der Waals surface area contributed by atoms with E-state index < -0.39 is 21.9 Å². The molecule has 0 aliphatic carbocycles. The smallest absolute Gasteiger partial charge is 0.342 e. The summed E-state index contributed by atoms with van der Waals surface area (Å²) >= 11 is 0. The Kier molecular flexibility index (Phi) is 5.85. The number of hydrogen-bond acceptors (Lipinski definition) is 7. The SMILES string of the molecule is COC(=O)c1c(C)oc2ccc(N(C(C)=O)S(=O)(=O)c3ccc(NC(C)=O)cc3)cc12. The molecule has 2 amide bonds. The summed E-state index contributed by atoms with van der Waals surface area (Å²) in [4.78, 5) is 35.5. The van der Waals surface area contributed by atoms with Crippen LogP contribution in [0.25, 0.3) is 11.0 Å². The van der Waals surface area contributed by atoms with Crippen LogP contribution in [-0.4, -0.2) is 33.3 Å². The number of anilines is 2. The number of sulfonamides is 1. The molecule has 9 nitrogen and oxygen atoms in total. The number of nitrogens with zero attached hydrogens (tertiary/aromatic N) is 1. The van der Waals surface area contributed by atoms with Gasteiger partial charge < -0.3 is 14.5 Å². The monoisotopic (exact) mass is 444 g/mol. The Bertz CT molecular complexity index is 1290. The topological polar surface area (TPSA) is 123 Å². The Labute approximate surface area is 178 Å². The van der Waals surface area contributed by atoms with Gasteiger partial charge in [0.05, 0.1) is 17.7 Å². The largest absolute Gasteiger partial charge is 0.465 e. The molecule has 3 aromatic rings. The molecule has 0 saturated carbocycles. The van der Waals surface area contributed by atoms with Crippen molar-refractivity contribution in [1.29, 1.82) is 0 Å². The Balaban J connectivity index is 2.11. The zero-order valence-electron chi connectivity index (χ0n) is 17.3. The molecule has 0 spiro atoms. The minimum Gasteiger partial charge on any atom is -0.465 e. The van der Waals surface area contributed by atoms with Crippen LogP contribution >= 0.6 is 0 Å². The van der Waals surface area contributed by atoms with Crippen molar-refractivity contribution >= 4 is 50.2 Å². The number of nitrogens with one attached hydrogen (secondary N) is 1. The summed E-state index contributed by atoms with van der Waals surface area (Å²) in [6.07, 6.45) is 0. The lowest BCUT2D eigenvalue weighted by Crippen LogP contribution is -2.35. The molecule has 10 heteroatoms. The lowest BCUT2D eigenvalue weighted by molar-refractivity contribution is -0.115. The van der Waals surface area contributed by atoms with Crippen LogP contribution in [0, 0.1) is 6.92 Å². The summed E-state index contributed by atoms with van der Waals surface area (Å²) in [5, 5.41) is 2.87. The van der Waals surface area contributed by atoms with Gasteiger partial charge in [-0.15, -0.1) is 0 Å². The van der Waals surface area contributed by atoms with Crippen molar-refractivity contribution in [2.24, 2.45) is 0 Å². The summed E-state index contributed by atoms with van der Waals surface area (Å²) in [5.41, 5.74) is 0.956. The number of ether oxygens (including phenoxy) is 1. The summed E-state index contributed by atoms with van der Waals surface area (Å²) in [5.74, 6) is -1.37. The second-order valence-corrected chi connectivity index (χ2v) is 8.49. The minimum absolute atomic E-state index is 0.0388. The van der Waals surface area contributed by atoms with Crippen molar-refractivity contribution in [3.05, 3.63) is 53.8 Å². The quantitative estimate of drug-likeness (QED) is 0.599. The highest BCUT2D eigenvalue weighted by atomic mass is 32.2. The Hall–Kier alpha value is -3.66. The highest BCUT2D eigenvalue weighted by Gasteiger charge is 2.30. The van der Waals surface area contributed by atoms with Gasteiger partial charge in [0.25, 0.3) is 10.0 Å². The number of benzene rings is 2. The van der Waals surface area contributed by atoms with Crippen molar-refractivity contribution < 1.29 is 32.0 Å². The molecule has 0 bridgehead atoms. The van der Waals surface area contributed by atoms with Crippen LogP contribution in [0.5, 0.6) is 0 Å². The normalized spacial score (nSPS) is 11.2. The van der Waals surface area contributed by atoms with Gasteiger partial charge in [-0.2, -0.15) is 0 Å². The maximum absolute atomic E-state index is 13.2. The number of hydrogen-bond donors (Lipinski definition) is 1. The molecular weight excluding hydrogens is 424 g/mol. The average molecular weight is 444 g/mol. The molecule has 1 aromatic heterocycles. The van der Waals surface area contributed by atoms with Crippen LogP contribution in [-0.2, 0) is 24.3 Å². The summed E-state index contributed by atoms with van der Waals surface area (Å²) in [6, 6.07) is 9.71. The standard InChI is InChI=1S/C21H20N2O7S/c1-12-20(21(26)29-4)18-11-16(7-10-19(18)30-12)23(14(3)25)31(27,28)17-8-5-15(6-9-17)22-13(2)24/h5-11H,1-4H3,(H,22,24). The molecule has 0 unspecified atom stereocenters. The van der Waals surface area contributed by atoms with Crippen molar-refractivity contribution in [2.75, 3.05) is 16.7 Å². The zero-order chi connectivity index (χ0) is 22.9. The van der Waals surface area contributed by atoms with Gasteiger partial charge in [-0.25, -0.2) is 17.5 Å². The number of amides is 2. The number of esters is 1. The first-order chi connectivity index (χ1) is 14.6. The number of rotatable bonds is 5. The summed E-state index contributed by atoms with van der Waals surface area (Å²) < 4.78 is 37.4. The average Bonchev–Trinajstić information content (AvgIpc) is 3.02. The molecule has 0 radical (unpaired) electrons. The second-order valence-electron chi connectivity index (χ2n) is 6.70. The van der Waals surface area contributed by atoms with Gasteiger partial charge in [-0.1, -0.05) is 0 Å². The van der Waals surface area contributed by atoms with Crippen LogP contribution in [0.4, 0.5) is 11.4 Å². The van der Waals surface area contributed by atoms with E-state index in [1.807, 2.05) is 0 Å². The third-order valence-electron chi connectivity index (χ3n) is 4.47. The molecular formula is C21H20N2O7S. The molecule has 162 valence electrons. The van der Waals surface area contributed by atoms with Crippen LogP contribution < -0.4 is 9.62 Å². The molecule has 31 heavy (non-hydrogen) atoms. The number of fused-ring (bicyclic) bond motifs is 1. The lowest BCUT2D eigenvalue weighted by atomic mass is 10.1. The van der Waals surface area contributed by atoms with Gasteiger partial charge in [0.2, 0.25) is 11.8 Å². The van der Waals surface area contributed by atoms with Gasteiger partial charge in [0.15, 0.2) is 0 Å². The molecule has 0 aliphatic rings. The highest BCUT2D eigenvalue weighted by molar-refractivity contribution is 7.93. The van der Waals surface area contributed by atoms with Crippen LogP contribution in [0.3, 0.4) is 0 Å². The molecule has 0 fully saturated rings. The van der Waals surface area contributed by atoms with Crippen LogP contribution in [0.2, 0.25) is 0 Å².